The average Bonchev–Trinajstić information content (AvgIpc) is 3.50. The van der Waals surface area contributed by atoms with Gasteiger partial charge in [-0.3, -0.25) is 19.5 Å². The van der Waals surface area contributed by atoms with Gasteiger partial charge >= 0.3 is 0 Å². The molecule has 0 aliphatic rings. The molecule has 1 atom stereocenters. The van der Waals surface area contributed by atoms with Gasteiger partial charge in [-0.15, -0.1) is 11.3 Å². The maximum Gasteiger partial charge on any atom is 0.248 e. The van der Waals surface area contributed by atoms with Gasteiger partial charge in [-0.25, -0.2) is 0 Å². The Bertz CT molecular complexity index is 1160. The minimum absolute atomic E-state index is 0.159. The van der Waals surface area contributed by atoms with E-state index >= 15 is 0 Å². The third-order valence-electron chi connectivity index (χ3n) is 5.00. The Balaban J connectivity index is 1.72. The van der Waals surface area contributed by atoms with Crippen LogP contribution in [-0.4, -0.2) is 16.8 Å². The SMILES string of the molecule is Cc1cccc(N(C(=O)Cc2cccs2)[C@@H](C(=O)NCc2ccco2)c2ccncc2)c1. The summed E-state index contributed by atoms with van der Waals surface area (Å²) in [6.45, 7) is 2.19. The summed E-state index contributed by atoms with van der Waals surface area (Å²) in [5.41, 5.74) is 2.35. The lowest BCUT2D eigenvalue weighted by Crippen LogP contribution is -2.44. The first-order valence-corrected chi connectivity index (χ1v) is 11.1. The van der Waals surface area contributed by atoms with E-state index in [2.05, 4.69) is 10.3 Å². The van der Waals surface area contributed by atoms with Crippen molar-refractivity contribution in [2.45, 2.75) is 25.9 Å². The van der Waals surface area contributed by atoms with Gasteiger partial charge in [0.2, 0.25) is 11.8 Å². The lowest BCUT2D eigenvalue weighted by atomic mass is 10.0. The van der Waals surface area contributed by atoms with E-state index in [1.807, 2.05) is 48.7 Å². The highest BCUT2D eigenvalue weighted by Gasteiger charge is 2.33. The number of aryl methyl sites for hydroxylation is 1. The van der Waals surface area contributed by atoms with Crippen LogP contribution in [0.3, 0.4) is 0 Å². The van der Waals surface area contributed by atoms with E-state index in [0.717, 1.165) is 10.4 Å². The maximum atomic E-state index is 13.6. The summed E-state index contributed by atoms with van der Waals surface area (Å²) in [5.74, 6) is 0.181. The molecule has 0 spiro atoms. The number of hydrogen-bond donors (Lipinski definition) is 1. The van der Waals surface area contributed by atoms with Crippen LogP contribution in [0, 0.1) is 6.92 Å². The number of nitrogens with zero attached hydrogens (tertiary/aromatic N) is 2. The number of carbonyl (C=O) groups is 2. The zero-order chi connectivity index (χ0) is 22.3. The number of hydrogen-bond acceptors (Lipinski definition) is 5. The minimum atomic E-state index is -0.859. The van der Waals surface area contributed by atoms with Gasteiger partial charge in [0.05, 0.1) is 19.2 Å². The van der Waals surface area contributed by atoms with E-state index in [1.165, 1.54) is 11.3 Å². The molecule has 32 heavy (non-hydrogen) atoms. The van der Waals surface area contributed by atoms with Gasteiger partial charge in [-0.2, -0.15) is 0 Å². The van der Waals surface area contributed by atoms with Crippen molar-refractivity contribution in [1.29, 1.82) is 0 Å². The number of pyridine rings is 1. The monoisotopic (exact) mass is 445 g/mol. The minimum Gasteiger partial charge on any atom is -0.467 e. The Morgan fingerprint density at radius 2 is 1.94 bits per heavy atom. The van der Waals surface area contributed by atoms with Crippen molar-refractivity contribution in [3.05, 3.63) is 106 Å². The molecule has 2 amide bonds. The molecule has 4 aromatic rings. The van der Waals surface area contributed by atoms with E-state index in [4.69, 9.17) is 4.42 Å². The van der Waals surface area contributed by atoms with Crippen LogP contribution in [0.15, 0.2) is 89.1 Å². The molecule has 0 aliphatic heterocycles. The average molecular weight is 446 g/mol. The Morgan fingerprint density at radius 1 is 1.09 bits per heavy atom. The highest BCUT2D eigenvalue weighted by atomic mass is 32.1. The molecule has 0 unspecified atom stereocenters. The molecule has 1 aromatic carbocycles. The zero-order valence-electron chi connectivity index (χ0n) is 17.6. The summed E-state index contributed by atoms with van der Waals surface area (Å²) in [6, 6.07) is 17.7. The molecule has 3 aromatic heterocycles. The highest BCUT2D eigenvalue weighted by Crippen LogP contribution is 2.30. The van der Waals surface area contributed by atoms with Gasteiger partial charge in [0, 0.05) is 23.0 Å². The molecule has 1 N–H and O–H groups in total. The largest absolute Gasteiger partial charge is 0.467 e. The Kier molecular flexibility index (Phi) is 6.77. The van der Waals surface area contributed by atoms with Crippen molar-refractivity contribution in [3.8, 4) is 0 Å². The van der Waals surface area contributed by atoms with Crippen molar-refractivity contribution >= 4 is 28.8 Å². The smallest absolute Gasteiger partial charge is 0.248 e. The summed E-state index contributed by atoms with van der Waals surface area (Å²) in [4.78, 5) is 33.7. The lowest BCUT2D eigenvalue weighted by molar-refractivity contribution is -0.126. The highest BCUT2D eigenvalue weighted by molar-refractivity contribution is 7.10. The van der Waals surface area contributed by atoms with Crippen LogP contribution >= 0.6 is 11.3 Å². The lowest BCUT2D eigenvalue weighted by Gasteiger charge is -2.31. The molecular formula is C25H23N3O3S. The maximum absolute atomic E-state index is 13.6. The summed E-state index contributed by atoms with van der Waals surface area (Å²) in [5, 5.41) is 4.86. The van der Waals surface area contributed by atoms with Crippen LogP contribution in [0.4, 0.5) is 5.69 Å². The first-order valence-electron chi connectivity index (χ1n) is 10.2. The molecule has 0 bridgehead atoms. The number of aromatic nitrogens is 1. The van der Waals surface area contributed by atoms with Crippen molar-refractivity contribution < 1.29 is 14.0 Å². The Hall–Kier alpha value is -3.71. The predicted molar refractivity (Wildman–Crippen MR) is 124 cm³/mol. The van der Waals surface area contributed by atoms with Crippen LogP contribution in [0.5, 0.6) is 0 Å². The molecule has 0 saturated heterocycles. The van der Waals surface area contributed by atoms with Gasteiger partial charge in [0.25, 0.3) is 0 Å². The third kappa shape index (κ3) is 5.12. The fraction of sp³-hybridized carbons (Fsp3) is 0.160. The van der Waals surface area contributed by atoms with Crippen LogP contribution in [0.1, 0.15) is 27.8 Å². The standard InChI is InChI=1S/C25H23N3O3S/c1-18-5-2-6-20(15-18)28(23(29)16-22-8-4-14-32-22)24(19-9-11-26-12-10-19)25(30)27-17-21-7-3-13-31-21/h2-15,24H,16-17H2,1H3,(H,27,30)/t24-/m1/s1. The molecule has 0 saturated carbocycles. The number of rotatable bonds is 8. The van der Waals surface area contributed by atoms with Gasteiger partial charge in [-0.1, -0.05) is 18.2 Å². The molecule has 162 valence electrons. The third-order valence-corrected chi connectivity index (χ3v) is 5.88. The second-order valence-electron chi connectivity index (χ2n) is 7.34. The van der Waals surface area contributed by atoms with E-state index < -0.39 is 6.04 Å². The van der Waals surface area contributed by atoms with Gasteiger partial charge in [0.15, 0.2) is 0 Å². The van der Waals surface area contributed by atoms with Gasteiger partial charge < -0.3 is 9.73 Å². The molecule has 4 rings (SSSR count). The summed E-state index contributed by atoms with van der Waals surface area (Å²) in [6.07, 6.45) is 5.02. The van der Waals surface area contributed by atoms with Gasteiger partial charge in [-0.05, 0) is 65.9 Å². The van der Waals surface area contributed by atoms with E-state index in [0.29, 0.717) is 17.0 Å². The second-order valence-corrected chi connectivity index (χ2v) is 8.37. The van der Waals surface area contributed by atoms with E-state index in [-0.39, 0.29) is 24.8 Å². The number of carbonyl (C=O) groups excluding carboxylic acids is 2. The fourth-order valence-electron chi connectivity index (χ4n) is 3.51. The molecule has 0 aliphatic carbocycles. The molecular weight excluding hydrogens is 422 g/mol. The van der Waals surface area contributed by atoms with Crippen LogP contribution in [-0.2, 0) is 22.6 Å². The van der Waals surface area contributed by atoms with Crippen molar-refractivity contribution in [1.82, 2.24) is 10.3 Å². The number of anilines is 1. The molecule has 0 radical (unpaired) electrons. The number of thiophene rings is 1. The molecule has 6 nitrogen and oxygen atoms in total. The van der Waals surface area contributed by atoms with Crippen molar-refractivity contribution in [3.63, 3.8) is 0 Å². The molecule has 0 fully saturated rings. The summed E-state index contributed by atoms with van der Waals surface area (Å²) >= 11 is 1.52. The Labute approximate surface area is 190 Å². The predicted octanol–water partition coefficient (Wildman–Crippen LogP) is 4.68. The number of nitrogens with one attached hydrogen (secondary N) is 1. The van der Waals surface area contributed by atoms with Crippen LogP contribution in [0.25, 0.3) is 0 Å². The first-order chi connectivity index (χ1) is 15.6. The second kappa shape index (κ2) is 10.1. The summed E-state index contributed by atoms with van der Waals surface area (Å²) in [7, 11) is 0. The quantitative estimate of drug-likeness (QED) is 0.427. The van der Waals surface area contributed by atoms with Crippen molar-refractivity contribution in [2.24, 2.45) is 0 Å². The number of amides is 2. The topological polar surface area (TPSA) is 75.4 Å². The van der Waals surface area contributed by atoms with Gasteiger partial charge in [0.1, 0.15) is 11.8 Å². The Morgan fingerprint density at radius 3 is 2.62 bits per heavy atom. The van der Waals surface area contributed by atoms with Crippen LogP contribution in [0.2, 0.25) is 0 Å². The molecule has 7 heteroatoms. The van der Waals surface area contributed by atoms with Crippen LogP contribution < -0.4 is 10.2 Å². The molecule has 3 heterocycles. The fourth-order valence-corrected chi connectivity index (χ4v) is 4.21. The summed E-state index contributed by atoms with van der Waals surface area (Å²) < 4.78 is 5.34. The normalized spacial score (nSPS) is 11.7. The number of furan rings is 1. The first kappa shape index (κ1) is 21.5. The van der Waals surface area contributed by atoms with E-state index in [1.54, 1.807) is 47.8 Å². The zero-order valence-corrected chi connectivity index (χ0v) is 18.4. The van der Waals surface area contributed by atoms with E-state index in [9.17, 15) is 9.59 Å². The number of benzene rings is 1. The van der Waals surface area contributed by atoms with Crippen molar-refractivity contribution in [2.75, 3.05) is 4.90 Å².